The van der Waals surface area contributed by atoms with Gasteiger partial charge in [-0.3, -0.25) is 4.68 Å². The lowest BCUT2D eigenvalue weighted by Gasteiger charge is -2.11. The molecule has 7 nitrogen and oxygen atoms in total. The van der Waals surface area contributed by atoms with Crippen LogP contribution in [-0.4, -0.2) is 31.6 Å². The summed E-state index contributed by atoms with van der Waals surface area (Å²) in [5, 5.41) is 34.0. The van der Waals surface area contributed by atoms with Crippen LogP contribution in [0.1, 0.15) is 17.4 Å². The second kappa shape index (κ2) is 8.13. The van der Waals surface area contributed by atoms with E-state index in [1.807, 2.05) is 25.2 Å². The number of fused-ring (bicyclic) bond motifs is 1. The molecule has 2 N–H and O–H groups in total. The highest BCUT2D eigenvalue weighted by molar-refractivity contribution is 6.35. The fraction of sp³-hybridized carbons (Fsp3) is 0.136. The van der Waals surface area contributed by atoms with E-state index in [9.17, 15) is 15.5 Å². The second-order valence-corrected chi connectivity index (χ2v) is 7.09. The van der Waals surface area contributed by atoms with Crippen LogP contribution in [-0.2, 0) is 7.05 Å². The number of ether oxygens (including phenoxy) is 1. The lowest BCUT2D eigenvalue weighted by Crippen LogP contribution is -2.04. The average Bonchev–Trinajstić information content (AvgIpc) is 3.18. The summed E-state index contributed by atoms with van der Waals surface area (Å²) in [7, 11) is 1.82. The lowest BCUT2D eigenvalue weighted by molar-refractivity contribution is 0.0956. The fourth-order valence-corrected chi connectivity index (χ4v) is 3.47. The number of nitriles is 1. The summed E-state index contributed by atoms with van der Waals surface area (Å²) in [5.74, 6) is 1.24. The zero-order valence-corrected chi connectivity index (χ0v) is 16.7. The zero-order chi connectivity index (χ0) is 21.3. The predicted octanol–water partition coefficient (Wildman–Crippen LogP) is 3.98. The molecule has 0 aliphatic rings. The van der Waals surface area contributed by atoms with Crippen molar-refractivity contribution in [2.24, 2.45) is 7.05 Å². The molecule has 2 aromatic carbocycles. The Labute approximate surface area is 177 Å². The first-order chi connectivity index (χ1) is 14.5. The van der Waals surface area contributed by atoms with Gasteiger partial charge in [-0.15, -0.1) is 0 Å². The molecule has 30 heavy (non-hydrogen) atoms. The van der Waals surface area contributed by atoms with Crippen LogP contribution in [0.25, 0.3) is 22.2 Å². The quantitative estimate of drug-likeness (QED) is 0.506. The number of aliphatic hydroxyl groups excluding tert-OH is 2. The molecule has 0 amide bonds. The third kappa shape index (κ3) is 3.72. The Balaban J connectivity index is 1.65. The Morgan fingerprint density at radius 1 is 1.20 bits per heavy atom. The van der Waals surface area contributed by atoms with Gasteiger partial charge in [0.05, 0.1) is 34.4 Å². The molecule has 0 fully saturated rings. The molecule has 0 spiro atoms. The minimum absolute atomic E-state index is 0.162. The molecule has 0 bridgehead atoms. The highest BCUT2D eigenvalue weighted by atomic mass is 35.5. The average molecular weight is 421 g/mol. The number of aliphatic hydroxyl groups is 2. The monoisotopic (exact) mass is 420 g/mol. The van der Waals surface area contributed by atoms with Crippen LogP contribution < -0.4 is 4.74 Å². The van der Waals surface area contributed by atoms with Crippen molar-refractivity contribution >= 4 is 22.5 Å². The lowest BCUT2D eigenvalue weighted by atomic mass is 10.0. The van der Waals surface area contributed by atoms with Crippen LogP contribution in [0.5, 0.6) is 11.5 Å². The van der Waals surface area contributed by atoms with Crippen molar-refractivity contribution < 1.29 is 14.9 Å². The maximum atomic E-state index is 9.91. The van der Waals surface area contributed by atoms with Gasteiger partial charge in [-0.2, -0.15) is 10.4 Å². The van der Waals surface area contributed by atoms with E-state index in [2.05, 4.69) is 10.1 Å². The van der Waals surface area contributed by atoms with Crippen molar-refractivity contribution in [1.29, 1.82) is 5.26 Å². The largest absolute Gasteiger partial charge is 0.457 e. The van der Waals surface area contributed by atoms with E-state index in [0.29, 0.717) is 27.8 Å². The molecular formula is C22H17ClN4O3. The molecule has 1 unspecified atom stereocenters. The third-order valence-corrected chi connectivity index (χ3v) is 5.01. The first-order valence-electron chi connectivity index (χ1n) is 9.09. The molecule has 2 aromatic heterocycles. The Kier molecular flexibility index (Phi) is 5.38. The number of halogens is 1. The molecule has 1 atom stereocenters. The van der Waals surface area contributed by atoms with E-state index >= 15 is 0 Å². The summed E-state index contributed by atoms with van der Waals surface area (Å²) in [6, 6.07) is 15.8. The first kappa shape index (κ1) is 19.9. The van der Waals surface area contributed by atoms with Gasteiger partial charge >= 0.3 is 0 Å². The van der Waals surface area contributed by atoms with Gasteiger partial charge in [0.15, 0.2) is 0 Å². The summed E-state index contributed by atoms with van der Waals surface area (Å²) in [6.45, 7) is -0.439. The summed E-state index contributed by atoms with van der Waals surface area (Å²) in [6.07, 6.45) is 0.629. The van der Waals surface area contributed by atoms with Crippen LogP contribution in [0.3, 0.4) is 0 Å². The predicted molar refractivity (Wildman–Crippen MR) is 112 cm³/mol. The smallest absolute Gasteiger partial charge is 0.141 e. The van der Waals surface area contributed by atoms with Gasteiger partial charge in [-0.25, -0.2) is 4.98 Å². The van der Waals surface area contributed by atoms with Gasteiger partial charge in [0.2, 0.25) is 0 Å². The highest BCUT2D eigenvalue weighted by Gasteiger charge is 2.13. The zero-order valence-electron chi connectivity index (χ0n) is 16.0. The number of nitrogens with zero attached hydrogens (tertiary/aromatic N) is 4. The minimum atomic E-state index is -1.08. The van der Waals surface area contributed by atoms with Gasteiger partial charge in [-0.1, -0.05) is 11.6 Å². The van der Waals surface area contributed by atoms with Gasteiger partial charge < -0.3 is 14.9 Å². The van der Waals surface area contributed by atoms with Crippen molar-refractivity contribution in [3.63, 3.8) is 0 Å². The van der Waals surface area contributed by atoms with Crippen molar-refractivity contribution in [1.82, 2.24) is 14.8 Å². The summed E-state index contributed by atoms with van der Waals surface area (Å²) in [4.78, 5) is 4.29. The maximum absolute atomic E-state index is 9.91. The molecule has 4 aromatic rings. The second-order valence-electron chi connectivity index (χ2n) is 6.68. The number of hydrogen-bond acceptors (Lipinski definition) is 6. The highest BCUT2D eigenvalue weighted by Crippen LogP contribution is 2.34. The summed E-state index contributed by atoms with van der Waals surface area (Å²) in [5.41, 5.74) is 2.64. The van der Waals surface area contributed by atoms with Gasteiger partial charge in [-0.05, 0) is 54.1 Å². The van der Waals surface area contributed by atoms with Crippen molar-refractivity contribution in [2.45, 2.75) is 6.10 Å². The maximum Gasteiger partial charge on any atom is 0.141 e. The molecule has 0 aliphatic heterocycles. The molecule has 0 aliphatic carbocycles. The Hall–Kier alpha value is -3.44. The molecule has 150 valence electrons. The van der Waals surface area contributed by atoms with Gasteiger partial charge in [0.25, 0.3) is 0 Å². The number of pyridine rings is 1. The molecule has 2 heterocycles. The van der Waals surface area contributed by atoms with Crippen LogP contribution in [0.4, 0.5) is 0 Å². The number of rotatable bonds is 5. The Morgan fingerprint density at radius 2 is 1.97 bits per heavy atom. The van der Waals surface area contributed by atoms with E-state index in [1.165, 1.54) is 6.07 Å². The van der Waals surface area contributed by atoms with E-state index in [0.717, 1.165) is 16.5 Å². The van der Waals surface area contributed by atoms with E-state index in [4.69, 9.17) is 16.3 Å². The molecule has 0 saturated heterocycles. The SMILES string of the molecule is Cn1ncc2c(Oc3ccc(-c4cc(C(O)CO)cc(C#N)n4)cc3)ccc(Cl)c21. The van der Waals surface area contributed by atoms with Crippen LogP contribution in [0.15, 0.2) is 54.7 Å². The van der Waals surface area contributed by atoms with E-state index in [-0.39, 0.29) is 5.69 Å². The molecule has 4 rings (SSSR count). The van der Waals surface area contributed by atoms with E-state index in [1.54, 1.807) is 41.2 Å². The number of benzene rings is 2. The topological polar surface area (TPSA) is 104 Å². The Morgan fingerprint density at radius 3 is 2.67 bits per heavy atom. The van der Waals surface area contributed by atoms with Crippen molar-refractivity contribution in [3.05, 3.63) is 71.0 Å². The Bertz CT molecular complexity index is 1260. The normalized spacial score (nSPS) is 12.0. The molecule has 8 heteroatoms. The standard InChI is InChI=1S/C22H17ClN4O3/c1-27-22-17(11-25-27)21(7-6-18(22)23)30-16-4-2-13(3-5-16)19-9-14(20(29)12-28)8-15(10-24)26-19/h2-9,11,20,28-29H,12H2,1H3. The summed E-state index contributed by atoms with van der Waals surface area (Å²) < 4.78 is 7.71. The third-order valence-electron chi connectivity index (χ3n) is 4.71. The van der Waals surface area contributed by atoms with Gasteiger partial charge in [0, 0.05) is 12.6 Å². The van der Waals surface area contributed by atoms with Crippen LogP contribution in [0.2, 0.25) is 5.02 Å². The number of hydrogen-bond donors (Lipinski definition) is 2. The minimum Gasteiger partial charge on any atom is -0.457 e. The number of aromatic nitrogens is 3. The van der Waals surface area contributed by atoms with Crippen LogP contribution in [0, 0.1) is 11.3 Å². The molecular weight excluding hydrogens is 404 g/mol. The van der Waals surface area contributed by atoms with Crippen molar-refractivity contribution in [2.75, 3.05) is 6.61 Å². The fourth-order valence-electron chi connectivity index (χ4n) is 3.18. The van der Waals surface area contributed by atoms with E-state index < -0.39 is 12.7 Å². The molecule has 0 saturated carbocycles. The van der Waals surface area contributed by atoms with Gasteiger partial charge in [0.1, 0.15) is 29.4 Å². The molecule has 0 radical (unpaired) electrons. The summed E-state index contributed by atoms with van der Waals surface area (Å²) >= 11 is 6.26. The first-order valence-corrected chi connectivity index (χ1v) is 9.47. The number of aryl methyl sites for hydroxylation is 1. The van der Waals surface area contributed by atoms with Crippen LogP contribution >= 0.6 is 11.6 Å². The van der Waals surface area contributed by atoms with Crippen molar-refractivity contribution in [3.8, 4) is 28.8 Å².